The Hall–Kier alpha value is -2.01. The van der Waals surface area contributed by atoms with Crippen LogP contribution in [-0.4, -0.2) is 41.1 Å². The molecule has 1 N–H and O–H groups in total. The summed E-state index contributed by atoms with van der Waals surface area (Å²) in [4.78, 5) is 16.6. The standard InChI is InChI=1S/C17H21N5/c1-2-8-19-15(5-1)16-20-14-7-10-18-9-6-13(14)17(21-16)22-11-3-4-12-22/h1-2,5,8,18H,3-4,6-7,9-12H2. The minimum absolute atomic E-state index is 0.767. The molecular formula is C17H21N5. The molecule has 22 heavy (non-hydrogen) atoms. The van der Waals surface area contributed by atoms with Gasteiger partial charge in [0.2, 0.25) is 0 Å². The van der Waals surface area contributed by atoms with E-state index in [4.69, 9.17) is 9.97 Å². The van der Waals surface area contributed by atoms with Gasteiger partial charge >= 0.3 is 0 Å². The molecule has 2 aromatic rings. The normalized spacial score (nSPS) is 18.1. The van der Waals surface area contributed by atoms with E-state index in [1.807, 2.05) is 18.2 Å². The van der Waals surface area contributed by atoms with E-state index in [0.717, 1.165) is 56.4 Å². The van der Waals surface area contributed by atoms with Crippen molar-refractivity contribution < 1.29 is 0 Å². The number of hydrogen-bond acceptors (Lipinski definition) is 5. The molecule has 0 amide bonds. The number of nitrogens with zero attached hydrogens (tertiary/aromatic N) is 4. The summed E-state index contributed by atoms with van der Waals surface area (Å²) >= 11 is 0. The van der Waals surface area contributed by atoms with E-state index in [0.29, 0.717) is 0 Å². The quantitative estimate of drug-likeness (QED) is 0.916. The van der Waals surface area contributed by atoms with Crippen LogP contribution in [0.15, 0.2) is 24.4 Å². The molecule has 0 atom stereocenters. The van der Waals surface area contributed by atoms with Crippen LogP contribution in [0, 0.1) is 0 Å². The zero-order chi connectivity index (χ0) is 14.8. The highest BCUT2D eigenvalue weighted by atomic mass is 15.2. The topological polar surface area (TPSA) is 53.9 Å². The number of rotatable bonds is 2. The average Bonchev–Trinajstić information content (AvgIpc) is 3.00. The van der Waals surface area contributed by atoms with Crippen LogP contribution in [0.5, 0.6) is 0 Å². The number of nitrogens with one attached hydrogen (secondary N) is 1. The number of fused-ring (bicyclic) bond motifs is 1. The molecule has 5 nitrogen and oxygen atoms in total. The third kappa shape index (κ3) is 2.57. The first kappa shape index (κ1) is 13.6. The molecule has 2 aliphatic rings. The molecule has 5 heteroatoms. The minimum atomic E-state index is 0.767. The Balaban J connectivity index is 1.83. The Labute approximate surface area is 130 Å². The minimum Gasteiger partial charge on any atom is -0.356 e. The predicted molar refractivity (Wildman–Crippen MR) is 87.0 cm³/mol. The van der Waals surface area contributed by atoms with Crippen molar-refractivity contribution in [3.63, 3.8) is 0 Å². The predicted octanol–water partition coefficient (Wildman–Crippen LogP) is 1.83. The summed E-state index contributed by atoms with van der Waals surface area (Å²) in [5.74, 6) is 1.91. The van der Waals surface area contributed by atoms with Crippen LogP contribution >= 0.6 is 0 Å². The molecule has 0 saturated carbocycles. The van der Waals surface area contributed by atoms with Crippen molar-refractivity contribution in [1.29, 1.82) is 0 Å². The van der Waals surface area contributed by atoms with Gasteiger partial charge in [0.1, 0.15) is 11.5 Å². The summed E-state index contributed by atoms with van der Waals surface area (Å²) in [6, 6.07) is 5.91. The van der Waals surface area contributed by atoms with E-state index in [2.05, 4.69) is 15.2 Å². The van der Waals surface area contributed by atoms with Gasteiger partial charge in [0.05, 0.1) is 5.69 Å². The molecule has 4 rings (SSSR count). The van der Waals surface area contributed by atoms with Crippen LogP contribution in [0.25, 0.3) is 11.5 Å². The Morgan fingerprint density at radius 1 is 1.00 bits per heavy atom. The molecule has 0 aliphatic carbocycles. The van der Waals surface area contributed by atoms with Crippen molar-refractivity contribution in [3.8, 4) is 11.5 Å². The SMILES string of the molecule is c1ccc(-c2nc3c(c(N4CCCC4)n2)CCNCC3)nc1. The van der Waals surface area contributed by atoms with Crippen molar-refractivity contribution in [1.82, 2.24) is 20.3 Å². The summed E-state index contributed by atoms with van der Waals surface area (Å²) in [7, 11) is 0. The van der Waals surface area contributed by atoms with Crippen molar-refractivity contribution in [2.24, 2.45) is 0 Å². The van der Waals surface area contributed by atoms with Crippen LogP contribution in [0.1, 0.15) is 24.1 Å². The zero-order valence-corrected chi connectivity index (χ0v) is 12.8. The van der Waals surface area contributed by atoms with Gasteiger partial charge in [-0.1, -0.05) is 6.07 Å². The second-order valence-corrected chi connectivity index (χ2v) is 5.96. The summed E-state index contributed by atoms with van der Waals surface area (Å²) in [5, 5.41) is 3.47. The van der Waals surface area contributed by atoms with Crippen LogP contribution in [0.2, 0.25) is 0 Å². The van der Waals surface area contributed by atoms with Crippen LogP contribution < -0.4 is 10.2 Å². The molecule has 1 saturated heterocycles. The van der Waals surface area contributed by atoms with Crippen molar-refractivity contribution in [3.05, 3.63) is 35.7 Å². The lowest BCUT2D eigenvalue weighted by Gasteiger charge is -2.22. The Kier molecular flexibility index (Phi) is 3.72. The van der Waals surface area contributed by atoms with E-state index < -0.39 is 0 Å². The molecule has 0 spiro atoms. The molecule has 114 valence electrons. The van der Waals surface area contributed by atoms with Gasteiger partial charge in [-0.05, 0) is 37.9 Å². The van der Waals surface area contributed by atoms with Crippen molar-refractivity contribution in [2.75, 3.05) is 31.1 Å². The monoisotopic (exact) mass is 295 g/mol. The second kappa shape index (κ2) is 6.01. The van der Waals surface area contributed by atoms with Gasteiger partial charge in [-0.3, -0.25) is 4.98 Å². The van der Waals surface area contributed by atoms with E-state index >= 15 is 0 Å². The second-order valence-electron chi connectivity index (χ2n) is 5.96. The van der Waals surface area contributed by atoms with E-state index in [1.165, 1.54) is 24.1 Å². The van der Waals surface area contributed by atoms with Crippen molar-refractivity contribution in [2.45, 2.75) is 25.7 Å². The van der Waals surface area contributed by atoms with Gasteiger partial charge in [-0.15, -0.1) is 0 Å². The lowest BCUT2D eigenvalue weighted by Crippen LogP contribution is -2.23. The zero-order valence-electron chi connectivity index (χ0n) is 12.8. The fourth-order valence-electron chi connectivity index (χ4n) is 3.33. The number of aromatic nitrogens is 3. The van der Waals surface area contributed by atoms with E-state index in [-0.39, 0.29) is 0 Å². The summed E-state index contributed by atoms with van der Waals surface area (Å²) < 4.78 is 0. The van der Waals surface area contributed by atoms with E-state index in [1.54, 1.807) is 6.20 Å². The highest BCUT2D eigenvalue weighted by Crippen LogP contribution is 2.28. The summed E-state index contributed by atoms with van der Waals surface area (Å²) in [5.41, 5.74) is 3.40. The van der Waals surface area contributed by atoms with Gasteiger partial charge in [-0.25, -0.2) is 9.97 Å². The summed E-state index contributed by atoms with van der Waals surface area (Å²) in [6.45, 7) is 4.22. The highest BCUT2D eigenvalue weighted by Gasteiger charge is 2.23. The lowest BCUT2D eigenvalue weighted by molar-refractivity contribution is 0.708. The maximum absolute atomic E-state index is 4.90. The van der Waals surface area contributed by atoms with Crippen LogP contribution in [0.3, 0.4) is 0 Å². The first-order valence-electron chi connectivity index (χ1n) is 8.19. The average molecular weight is 295 g/mol. The maximum Gasteiger partial charge on any atom is 0.180 e. The molecule has 0 aromatic carbocycles. The third-order valence-electron chi connectivity index (χ3n) is 4.46. The van der Waals surface area contributed by atoms with E-state index in [9.17, 15) is 0 Å². The molecule has 1 fully saturated rings. The smallest absolute Gasteiger partial charge is 0.180 e. The van der Waals surface area contributed by atoms with Crippen LogP contribution in [-0.2, 0) is 12.8 Å². The Morgan fingerprint density at radius 3 is 2.68 bits per heavy atom. The van der Waals surface area contributed by atoms with Crippen molar-refractivity contribution >= 4 is 5.82 Å². The number of pyridine rings is 1. The largest absolute Gasteiger partial charge is 0.356 e. The van der Waals surface area contributed by atoms with Gasteiger partial charge in [0.25, 0.3) is 0 Å². The molecule has 0 unspecified atom stereocenters. The lowest BCUT2D eigenvalue weighted by atomic mass is 10.1. The van der Waals surface area contributed by atoms with Gasteiger partial charge in [0, 0.05) is 37.8 Å². The molecule has 4 heterocycles. The molecule has 2 aliphatic heterocycles. The summed E-state index contributed by atoms with van der Waals surface area (Å²) in [6.07, 6.45) is 6.32. The fraction of sp³-hybridized carbons (Fsp3) is 0.471. The molecule has 0 radical (unpaired) electrons. The third-order valence-corrected chi connectivity index (χ3v) is 4.46. The fourth-order valence-corrected chi connectivity index (χ4v) is 3.33. The van der Waals surface area contributed by atoms with Gasteiger partial charge in [0.15, 0.2) is 5.82 Å². The van der Waals surface area contributed by atoms with Crippen LogP contribution in [0.4, 0.5) is 5.82 Å². The number of anilines is 1. The Morgan fingerprint density at radius 2 is 1.86 bits per heavy atom. The maximum atomic E-state index is 4.90. The Bertz CT molecular complexity index is 650. The highest BCUT2D eigenvalue weighted by molar-refractivity contribution is 5.58. The number of hydrogen-bond donors (Lipinski definition) is 1. The van der Waals surface area contributed by atoms with Gasteiger partial charge < -0.3 is 10.2 Å². The molecule has 2 aromatic heterocycles. The first-order valence-corrected chi connectivity index (χ1v) is 8.19. The van der Waals surface area contributed by atoms with Gasteiger partial charge in [-0.2, -0.15) is 0 Å². The molecular weight excluding hydrogens is 274 g/mol. The first-order chi connectivity index (χ1) is 10.9. The molecule has 0 bridgehead atoms.